The Bertz CT molecular complexity index is 362. The number of nitrogens with zero attached hydrogens (tertiary/aromatic N) is 2. The van der Waals surface area contributed by atoms with Crippen LogP contribution >= 0.6 is 11.8 Å². The van der Waals surface area contributed by atoms with E-state index >= 15 is 0 Å². The van der Waals surface area contributed by atoms with Crippen molar-refractivity contribution in [2.75, 3.05) is 5.73 Å². The molecule has 0 aromatic carbocycles. The van der Waals surface area contributed by atoms with Gasteiger partial charge in [0, 0.05) is 10.8 Å². The number of hydrogen-bond donors (Lipinski definition) is 1. The van der Waals surface area contributed by atoms with Crippen molar-refractivity contribution in [2.24, 2.45) is 0 Å². The van der Waals surface area contributed by atoms with Crippen molar-refractivity contribution in [2.45, 2.75) is 62.1 Å². The molecule has 17 heavy (non-hydrogen) atoms. The van der Waals surface area contributed by atoms with E-state index in [0.717, 1.165) is 28.7 Å². The minimum Gasteiger partial charge on any atom is -0.383 e. The Morgan fingerprint density at radius 3 is 2.76 bits per heavy atom. The molecule has 4 heteroatoms. The standard InChI is InChI=1S/C13H21N3S/c1-2-6-11-12(14)15-9-16-13(11)17-10-7-4-3-5-8-10/h9-10H,2-8H2,1H3,(H2,14,15,16). The van der Waals surface area contributed by atoms with E-state index in [-0.39, 0.29) is 0 Å². The molecular weight excluding hydrogens is 230 g/mol. The zero-order valence-corrected chi connectivity index (χ0v) is 11.3. The Labute approximate surface area is 108 Å². The van der Waals surface area contributed by atoms with E-state index in [1.54, 1.807) is 6.33 Å². The lowest BCUT2D eigenvalue weighted by Crippen LogP contribution is -2.10. The fourth-order valence-corrected chi connectivity index (χ4v) is 3.68. The predicted molar refractivity (Wildman–Crippen MR) is 73.2 cm³/mol. The molecule has 1 aromatic heterocycles. The molecule has 0 bridgehead atoms. The van der Waals surface area contributed by atoms with E-state index in [2.05, 4.69) is 16.9 Å². The van der Waals surface area contributed by atoms with Crippen molar-refractivity contribution in [3.05, 3.63) is 11.9 Å². The molecule has 0 radical (unpaired) electrons. The lowest BCUT2D eigenvalue weighted by molar-refractivity contribution is 0.515. The van der Waals surface area contributed by atoms with E-state index in [0.29, 0.717) is 5.82 Å². The quantitative estimate of drug-likeness (QED) is 0.833. The van der Waals surface area contributed by atoms with Crippen molar-refractivity contribution in [1.82, 2.24) is 9.97 Å². The van der Waals surface area contributed by atoms with Crippen LogP contribution in [0.1, 0.15) is 51.0 Å². The van der Waals surface area contributed by atoms with Gasteiger partial charge in [-0.15, -0.1) is 11.8 Å². The van der Waals surface area contributed by atoms with Crippen LogP contribution in [0.15, 0.2) is 11.4 Å². The van der Waals surface area contributed by atoms with Crippen LogP contribution in [0.2, 0.25) is 0 Å². The van der Waals surface area contributed by atoms with E-state index < -0.39 is 0 Å². The summed E-state index contributed by atoms with van der Waals surface area (Å²) in [4.78, 5) is 8.53. The van der Waals surface area contributed by atoms with Gasteiger partial charge in [0.1, 0.15) is 17.2 Å². The van der Waals surface area contributed by atoms with Gasteiger partial charge in [-0.3, -0.25) is 0 Å². The third-order valence-corrected chi connectivity index (χ3v) is 4.65. The second-order valence-corrected chi connectivity index (χ2v) is 5.96. The molecule has 1 saturated carbocycles. The van der Waals surface area contributed by atoms with Crippen LogP contribution in [-0.2, 0) is 6.42 Å². The number of hydrogen-bond acceptors (Lipinski definition) is 4. The lowest BCUT2D eigenvalue weighted by atomic mass is 10.0. The maximum atomic E-state index is 5.95. The highest BCUT2D eigenvalue weighted by Gasteiger charge is 2.18. The largest absolute Gasteiger partial charge is 0.383 e. The molecule has 2 N–H and O–H groups in total. The third-order valence-electron chi connectivity index (χ3n) is 3.27. The summed E-state index contributed by atoms with van der Waals surface area (Å²) in [6, 6.07) is 0. The molecule has 1 aliphatic rings. The monoisotopic (exact) mass is 251 g/mol. The van der Waals surface area contributed by atoms with Crippen LogP contribution in [0.3, 0.4) is 0 Å². The topological polar surface area (TPSA) is 51.8 Å². The summed E-state index contributed by atoms with van der Waals surface area (Å²) in [5, 5.41) is 1.85. The highest BCUT2D eigenvalue weighted by Crippen LogP contribution is 2.35. The molecule has 1 aromatic rings. The summed E-state index contributed by atoms with van der Waals surface area (Å²) in [5.74, 6) is 0.667. The molecule has 1 heterocycles. The summed E-state index contributed by atoms with van der Waals surface area (Å²) < 4.78 is 0. The SMILES string of the molecule is CCCc1c(N)ncnc1SC1CCCCC1. The summed E-state index contributed by atoms with van der Waals surface area (Å²) in [7, 11) is 0. The van der Waals surface area contributed by atoms with Crippen LogP contribution in [0.25, 0.3) is 0 Å². The number of aromatic nitrogens is 2. The molecule has 3 nitrogen and oxygen atoms in total. The highest BCUT2D eigenvalue weighted by molar-refractivity contribution is 7.99. The molecule has 2 rings (SSSR count). The first-order valence-corrected chi connectivity index (χ1v) is 7.45. The van der Waals surface area contributed by atoms with Gasteiger partial charge in [-0.25, -0.2) is 9.97 Å². The summed E-state index contributed by atoms with van der Waals surface area (Å²) in [6.07, 6.45) is 10.4. The second kappa shape index (κ2) is 6.24. The van der Waals surface area contributed by atoms with Gasteiger partial charge in [-0.2, -0.15) is 0 Å². The van der Waals surface area contributed by atoms with Crippen molar-refractivity contribution in [3.63, 3.8) is 0 Å². The molecule has 0 atom stereocenters. The first kappa shape index (κ1) is 12.7. The van der Waals surface area contributed by atoms with Crippen LogP contribution in [0, 0.1) is 0 Å². The van der Waals surface area contributed by atoms with Crippen molar-refractivity contribution in [1.29, 1.82) is 0 Å². The fourth-order valence-electron chi connectivity index (χ4n) is 2.34. The maximum absolute atomic E-state index is 5.95. The van der Waals surface area contributed by atoms with Gasteiger partial charge in [-0.05, 0) is 19.3 Å². The predicted octanol–water partition coefficient (Wildman–Crippen LogP) is 3.44. The smallest absolute Gasteiger partial charge is 0.131 e. The number of rotatable bonds is 4. The maximum Gasteiger partial charge on any atom is 0.131 e. The van der Waals surface area contributed by atoms with E-state index in [1.807, 2.05) is 11.8 Å². The highest BCUT2D eigenvalue weighted by atomic mass is 32.2. The zero-order valence-electron chi connectivity index (χ0n) is 10.5. The number of nitrogens with two attached hydrogens (primary N) is 1. The van der Waals surface area contributed by atoms with E-state index in [9.17, 15) is 0 Å². The molecule has 0 amide bonds. The normalized spacial score (nSPS) is 17.2. The first-order chi connectivity index (χ1) is 8.31. The van der Waals surface area contributed by atoms with Crippen LogP contribution in [0.5, 0.6) is 0 Å². The van der Waals surface area contributed by atoms with Crippen molar-refractivity contribution >= 4 is 17.6 Å². The Hall–Kier alpha value is -0.770. The molecular formula is C13H21N3S. The summed E-state index contributed by atoms with van der Waals surface area (Å²) in [5.41, 5.74) is 7.11. The second-order valence-electron chi connectivity index (χ2n) is 4.67. The molecule has 1 aliphatic carbocycles. The first-order valence-electron chi connectivity index (χ1n) is 6.57. The van der Waals surface area contributed by atoms with Crippen LogP contribution in [0.4, 0.5) is 5.82 Å². The number of nitrogen functional groups attached to an aromatic ring is 1. The number of thioether (sulfide) groups is 1. The Kier molecular flexibility index (Phi) is 4.66. The van der Waals surface area contributed by atoms with Gasteiger partial charge in [0.2, 0.25) is 0 Å². The van der Waals surface area contributed by atoms with Crippen molar-refractivity contribution in [3.8, 4) is 0 Å². The van der Waals surface area contributed by atoms with Crippen molar-refractivity contribution < 1.29 is 0 Å². The number of anilines is 1. The molecule has 0 saturated heterocycles. The Balaban J connectivity index is 2.10. The van der Waals surface area contributed by atoms with E-state index in [1.165, 1.54) is 32.1 Å². The van der Waals surface area contributed by atoms with Crippen LogP contribution in [-0.4, -0.2) is 15.2 Å². The molecule has 0 unspecified atom stereocenters. The van der Waals surface area contributed by atoms with Gasteiger partial charge >= 0.3 is 0 Å². The molecule has 0 aliphatic heterocycles. The Morgan fingerprint density at radius 2 is 2.06 bits per heavy atom. The summed E-state index contributed by atoms with van der Waals surface area (Å²) >= 11 is 1.91. The van der Waals surface area contributed by atoms with E-state index in [4.69, 9.17) is 5.73 Å². The average Bonchev–Trinajstić information content (AvgIpc) is 2.35. The lowest BCUT2D eigenvalue weighted by Gasteiger charge is -2.21. The van der Waals surface area contributed by atoms with Gasteiger partial charge in [-0.1, -0.05) is 32.6 Å². The molecule has 1 fully saturated rings. The van der Waals surface area contributed by atoms with Gasteiger partial charge in [0.15, 0.2) is 0 Å². The van der Waals surface area contributed by atoms with Gasteiger partial charge < -0.3 is 5.73 Å². The fraction of sp³-hybridized carbons (Fsp3) is 0.692. The molecule has 94 valence electrons. The zero-order chi connectivity index (χ0) is 12.1. The van der Waals surface area contributed by atoms with Crippen LogP contribution < -0.4 is 5.73 Å². The van der Waals surface area contributed by atoms with Gasteiger partial charge in [0.25, 0.3) is 0 Å². The summed E-state index contributed by atoms with van der Waals surface area (Å²) in [6.45, 7) is 2.17. The third kappa shape index (κ3) is 3.35. The van der Waals surface area contributed by atoms with Gasteiger partial charge in [0.05, 0.1) is 0 Å². The Morgan fingerprint density at radius 1 is 1.29 bits per heavy atom. The molecule has 0 spiro atoms. The average molecular weight is 251 g/mol. The minimum absolute atomic E-state index is 0.667. The minimum atomic E-state index is 0.667.